The van der Waals surface area contributed by atoms with Crippen molar-refractivity contribution in [3.8, 4) is 17.0 Å². The molecule has 0 radical (unpaired) electrons. The van der Waals surface area contributed by atoms with Crippen LogP contribution in [0.15, 0.2) is 23.6 Å². The first-order chi connectivity index (χ1) is 13.4. The predicted molar refractivity (Wildman–Crippen MR) is 105 cm³/mol. The van der Waals surface area contributed by atoms with Crippen molar-refractivity contribution < 1.29 is 23.9 Å². The number of anilines is 2. The molecule has 2 heterocycles. The lowest BCUT2D eigenvalue weighted by atomic mass is 10.1. The highest BCUT2D eigenvalue weighted by molar-refractivity contribution is 7.14. The summed E-state index contributed by atoms with van der Waals surface area (Å²) in [6.07, 6.45) is 0. The number of carbonyl (C=O) groups is 3. The van der Waals surface area contributed by atoms with Gasteiger partial charge in [-0.15, -0.1) is 11.3 Å². The molecule has 0 bridgehead atoms. The average molecular weight is 403 g/mol. The molecule has 1 aliphatic rings. The maximum atomic E-state index is 12.3. The largest absolute Gasteiger partial charge is 0.482 e. The number of thiazole rings is 1. The van der Waals surface area contributed by atoms with Crippen molar-refractivity contribution in [1.82, 2.24) is 4.98 Å². The maximum absolute atomic E-state index is 12.3. The van der Waals surface area contributed by atoms with Gasteiger partial charge in [-0.05, 0) is 25.1 Å². The fourth-order valence-electron chi connectivity index (χ4n) is 2.58. The predicted octanol–water partition coefficient (Wildman–Crippen LogP) is 2.69. The number of carbonyl (C=O) groups excluding carboxylic acids is 3. The smallest absolute Gasteiger partial charge is 0.326 e. The molecule has 0 fully saturated rings. The number of hydrogen-bond donors (Lipinski definition) is 1. The van der Waals surface area contributed by atoms with Crippen LogP contribution in [0.1, 0.15) is 20.8 Å². The summed E-state index contributed by atoms with van der Waals surface area (Å²) in [7, 11) is 0. The lowest BCUT2D eigenvalue weighted by molar-refractivity contribution is -0.142. The number of ether oxygens (including phenoxy) is 2. The maximum Gasteiger partial charge on any atom is 0.326 e. The molecular formula is C19H21N3O5S. The van der Waals surface area contributed by atoms with E-state index in [1.54, 1.807) is 19.1 Å². The highest BCUT2D eigenvalue weighted by atomic mass is 32.1. The summed E-state index contributed by atoms with van der Waals surface area (Å²) in [4.78, 5) is 41.8. The van der Waals surface area contributed by atoms with Crippen molar-refractivity contribution in [2.24, 2.45) is 5.92 Å². The second-order valence-electron chi connectivity index (χ2n) is 6.44. The molecule has 148 valence electrons. The molecule has 3 rings (SSSR count). The fourth-order valence-corrected chi connectivity index (χ4v) is 3.31. The summed E-state index contributed by atoms with van der Waals surface area (Å²) in [5.41, 5.74) is 1.88. The zero-order chi connectivity index (χ0) is 20.3. The molecule has 9 heteroatoms. The van der Waals surface area contributed by atoms with Crippen LogP contribution >= 0.6 is 11.3 Å². The average Bonchev–Trinajstić information content (AvgIpc) is 3.12. The first-order valence-corrected chi connectivity index (χ1v) is 9.76. The van der Waals surface area contributed by atoms with Gasteiger partial charge in [-0.2, -0.15) is 0 Å². The second kappa shape index (κ2) is 8.39. The van der Waals surface area contributed by atoms with Gasteiger partial charge in [-0.1, -0.05) is 13.8 Å². The Bertz CT molecular complexity index is 909. The Morgan fingerprint density at radius 2 is 2.18 bits per heavy atom. The normalized spacial score (nSPS) is 13.1. The topological polar surface area (TPSA) is 97.8 Å². The van der Waals surface area contributed by atoms with E-state index in [0.717, 1.165) is 5.56 Å². The lowest BCUT2D eigenvalue weighted by Crippen LogP contribution is -2.42. The number of fused-ring (bicyclic) bond motifs is 1. The molecule has 0 atom stereocenters. The summed E-state index contributed by atoms with van der Waals surface area (Å²) in [5, 5.41) is 5.09. The van der Waals surface area contributed by atoms with Crippen LogP contribution in [-0.2, 0) is 19.1 Å². The second-order valence-corrected chi connectivity index (χ2v) is 7.30. The monoisotopic (exact) mass is 403 g/mol. The third-order valence-electron chi connectivity index (χ3n) is 4.05. The Morgan fingerprint density at radius 3 is 2.89 bits per heavy atom. The molecule has 8 nitrogen and oxygen atoms in total. The van der Waals surface area contributed by atoms with Crippen molar-refractivity contribution in [2.75, 3.05) is 30.0 Å². The number of benzene rings is 1. The zero-order valence-corrected chi connectivity index (χ0v) is 16.7. The number of nitrogens with zero attached hydrogens (tertiary/aromatic N) is 2. The fraction of sp³-hybridized carbons (Fsp3) is 0.368. The van der Waals surface area contributed by atoms with E-state index in [-0.39, 0.29) is 37.5 Å². The van der Waals surface area contributed by atoms with Gasteiger partial charge in [-0.3, -0.25) is 19.3 Å². The lowest BCUT2D eigenvalue weighted by Gasteiger charge is -2.28. The summed E-state index contributed by atoms with van der Waals surface area (Å²) >= 11 is 1.32. The van der Waals surface area contributed by atoms with Gasteiger partial charge < -0.3 is 14.8 Å². The molecule has 0 saturated heterocycles. The molecule has 0 unspecified atom stereocenters. The third kappa shape index (κ3) is 4.30. The Hall–Kier alpha value is -2.94. The van der Waals surface area contributed by atoms with E-state index in [0.29, 0.717) is 22.3 Å². The quantitative estimate of drug-likeness (QED) is 0.745. The van der Waals surface area contributed by atoms with Crippen molar-refractivity contribution >= 4 is 39.9 Å². The van der Waals surface area contributed by atoms with E-state index >= 15 is 0 Å². The summed E-state index contributed by atoms with van der Waals surface area (Å²) < 4.78 is 10.4. The van der Waals surface area contributed by atoms with Crippen LogP contribution in [0.5, 0.6) is 5.75 Å². The third-order valence-corrected chi connectivity index (χ3v) is 4.81. The minimum absolute atomic E-state index is 0.106. The number of aromatic nitrogens is 1. The van der Waals surface area contributed by atoms with Crippen LogP contribution in [0.4, 0.5) is 10.8 Å². The summed E-state index contributed by atoms with van der Waals surface area (Å²) in [6, 6.07) is 5.30. The Kier molecular flexibility index (Phi) is 5.93. The van der Waals surface area contributed by atoms with E-state index in [4.69, 9.17) is 9.47 Å². The standard InChI is InChI=1S/C19H21N3O5S/c1-4-26-17(24)8-22-14-7-12(5-6-15(14)27-9-16(22)23)13-10-28-19(20-13)21-18(25)11(2)3/h5-7,10-11H,4,8-9H2,1-3H3,(H,20,21,25). The molecule has 0 saturated carbocycles. The minimum atomic E-state index is -0.485. The van der Waals surface area contributed by atoms with Gasteiger partial charge in [-0.25, -0.2) is 4.98 Å². The van der Waals surface area contributed by atoms with Gasteiger partial charge in [0.15, 0.2) is 11.7 Å². The molecule has 2 amide bonds. The summed E-state index contributed by atoms with van der Waals surface area (Å²) in [6.45, 7) is 5.26. The molecule has 1 aromatic carbocycles. The van der Waals surface area contributed by atoms with E-state index in [1.165, 1.54) is 16.2 Å². The van der Waals surface area contributed by atoms with Crippen LogP contribution in [-0.4, -0.2) is 42.5 Å². The minimum Gasteiger partial charge on any atom is -0.482 e. The van der Waals surface area contributed by atoms with E-state index < -0.39 is 5.97 Å². The molecule has 1 aromatic heterocycles. The van der Waals surface area contributed by atoms with Crippen molar-refractivity contribution in [3.05, 3.63) is 23.6 Å². The highest BCUT2D eigenvalue weighted by Gasteiger charge is 2.28. The van der Waals surface area contributed by atoms with Gasteiger partial charge in [0.2, 0.25) is 5.91 Å². The van der Waals surface area contributed by atoms with Crippen LogP contribution in [0.2, 0.25) is 0 Å². The van der Waals surface area contributed by atoms with Crippen molar-refractivity contribution in [3.63, 3.8) is 0 Å². The van der Waals surface area contributed by atoms with Gasteiger partial charge >= 0.3 is 5.97 Å². The van der Waals surface area contributed by atoms with E-state index in [1.807, 2.05) is 25.3 Å². The number of hydrogen-bond acceptors (Lipinski definition) is 7. The van der Waals surface area contributed by atoms with Crippen LogP contribution in [0.3, 0.4) is 0 Å². The number of esters is 1. The van der Waals surface area contributed by atoms with E-state index in [9.17, 15) is 14.4 Å². The zero-order valence-electron chi connectivity index (χ0n) is 15.9. The van der Waals surface area contributed by atoms with Crippen LogP contribution in [0, 0.1) is 5.92 Å². The first-order valence-electron chi connectivity index (χ1n) is 8.88. The molecule has 0 aliphatic carbocycles. The van der Waals surface area contributed by atoms with Gasteiger partial charge in [0.25, 0.3) is 5.91 Å². The van der Waals surface area contributed by atoms with Gasteiger partial charge in [0, 0.05) is 16.9 Å². The number of rotatable bonds is 6. The molecule has 1 aliphatic heterocycles. The number of nitrogens with one attached hydrogen (secondary N) is 1. The van der Waals surface area contributed by atoms with Gasteiger partial charge in [0.05, 0.1) is 18.0 Å². The van der Waals surface area contributed by atoms with Crippen LogP contribution < -0.4 is 15.0 Å². The summed E-state index contributed by atoms with van der Waals surface area (Å²) in [5.74, 6) is -0.542. The van der Waals surface area contributed by atoms with Gasteiger partial charge in [0.1, 0.15) is 12.3 Å². The first kappa shape index (κ1) is 19.8. The molecule has 1 N–H and O–H groups in total. The van der Waals surface area contributed by atoms with Crippen LogP contribution in [0.25, 0.3) is 11.3 Å². The van der Waals surface area contributed by atoms with E-state index in [2.05, 4.69) is 10.3 Å². The number of amides is 2. The van der Waals surface area contributed by atoms with Crippen molar-refractivity contribution in [2.45, 2.75) is 20.8 Å². The molecule has 0 spiro atoms. The molecular weight excluding hydrogens is 382 g/mol. The Balaban J connectivity index is 1.86. The molecule has 28 heavy (non-hydrogen) atoms. The Labute approximate surface area is 166 Å². The Morgan fingerprint density at radius 1 is 1.39 bits per heavy atom. The molecule has 2 aromatic rings. The van der Waals surface area contributed by atoms with Crippen molar-refractivity contribution in [1.29, 1.82) is 0 Å². The highest BCUT2D eigenvalue weighted by Crippen LogP contribution is 2.36. The SMILES string of the molecule is CCOC(=O)CN1C(=O)COc2ccc(-c3csc(NC(=O)C(C)C)n3)cc21.